The molecule has 0 aliphatic heterocycles. The topological polar surface area (TPSA) is 40.5 Å². The summed E-state index contributed by atoms with van der Waals surface area (Å²) in [4.78, 5) is 13.7. The first-order valence-corrected chi connectivity index (χ1v) is 6.51. The van der Waals surface area contributed by atoms with Crippen LogP contribution in [0.3, 0.4) is 0 Å². The minimum absolute atomic E-state index is 0.0244. The number of hydrogen-bond acceptors (Lipinski definition) is 2. The highest BCUT2D eigenvalue weighted by atomic mass is 19.1. The van der Waals surface area contributed by atoms with Gasteiger partial charge in [-0.1, -0.05) is 12.1 Å². The van der Waals surface area contributed by atoms with Crippen LogP contribution in [-0.2, 0) is 4.79 Å². The molecule has 2 unspecified atom stereocenters. The van der Waals surface area contributed by atoms with Crippen LogP contribution in [0, 0.1) is 11.7 Å². The summed E-state index contributed by atoms with van der Waals surface area (Å²) in [5, 5.41) is 9.71. The molecule has 1 fully saturated rings. The van der Waals surface area contributed by atoms with Crippen LogP contribution in [0.1, 0.15) is 31.7 Å². The van der Waals surface area contributed by atoms with Crippen LogP contribution < -0.4 is 0 Å². The SMILES string of the molecule is CN(CC(C)(C)O)C(=O)C1CC1c1cccc(F)c1. The molecule has 0 heterocycles. The summed E-state index contributed by atoms with van der Waals surface area (Å²) in [7, 11) is 1.70. The van der Waals surface area contributed by atoms with Gasteiger partial charge in [0.1, 0.15) is 5.82 Å². The van der Waals surface area contributed by atoms with Crippen LogP contribution in [-0.4, -0.2) is 35.1 Å². The maximum absolute atomic E-state index is 13.1. The van der Waals surface area contributed by atoms with Crippen molar-refractivity contribution in [3.8, 4) is 0 Å². The van der Waals surface area contributed by atoms with Gasteiger partial charge in [-0.2, -0.15) is 0 Å². The molecule has 0 radical (unpaired) electrons. The molecule has 0 bridgehead atoms. The quantitative estimate of drug-likeness (QED) is 0.906. The first-order valence-electron chi connectivity index (χ1n) is 6.51. The van der Waals surface area contributed by atoms with Crippen molar-refractivity contribution in [1.82, 2.24) is 4.90 Å². The molecule has 1 amide bonds. The van der Waals surface area contributed by atoms with E-state index in [1.54, 1.807) is 31.9 Å². The molecular weight excluding hydrogens is 245 g/mol. The number of carbonyl (C=O) groups is 1. The third-order valence-electron chi connectivity index (χ3n) is 3.38. The van der Waals surface area contributed by atoms with E-state index in [0.29, 0.717) is 6.54 Å². The van der Waals surface area contributed by atoms with Gasteiger partial charge in [0.2, 0.25) is 5.91 Å². The van der Waals surface area contributed by atoms with Gasteiger partial charge in [-0.3, -0.25) is 4.79 Å². The van der Waals surface area contributed by atoms with Crippen LogP contribution in [0.4, 0.5) is 4.39 Å². The van der Waals surface area contributed by atoms with Crippen molar-refractivity contribution in [2.24, 2.45) is 5.92 Å². The Morgan fingerprint density at radius 1 is 1.53 bits per heavy atom. The Hall–Kier alpha value is -1.42. The lowest BCUT2D eigenvalue weighted by atomic mass is 10.1. The molecule has 104 valence electrons. The van der Waals surface area contributed by atoms with Gasteiger partial charge in [0.05, 0.1) is 5.60 Å². The van der Waals surface area contributed by atoms with E-state index in [4.69, 9.17) is 0 Å². The van der Waals surface area contributed by atoms with Crippen molar-refractivity contribution in [3.63, 3.8) is 0 Å². The number of halogens is 1. The summed E-state index contributed by atoms with van der Waals surface area (Å²) in [6.45, 7) is 3.65. The van der Waals surface area contributed by atoms with Gasteiger partial charge < -0.3 is 10.0 Å². The predicted molar refractivity (Wildman–Crippen MR) is 71.2 cm³/mol. The fourth-order valence-electron chi connectivity index (χ4n) is 2.51. The highest BCUT2D eigenvalue weighted by molar-refractivity contribution is 5.82. The van der Waals surface area contributed by atoms with Crippen molar-refractivity contribution in [2.45, 2.75) is 31.8 Å². The van der Waals surface area contributed by atoms with E-state index in [9.17, 15) is 14.3 Å². The molecule has 1 N–H and O–H groups in total. The molecular formula is C15H20FNO2. The number of rotatable bonds is 4. The molecule has 0 saturated heterocycles. The molecule has 1 aromatic rings. The maximum atomic E-state index is 13.1. The number of amides is 1. The molecule has 19 heavy (non-hydrogen) atoms. The van der Waals surface area contributed by atoms with E-state index in [1.807, 2.05) is 6.07 Å². The molecule has 3 nitrogen and oxygen atoms in total. The molecule has 1 aromatic carbocycles. The Bertz CT molecular complexity index is 481. The van der Waals surface area contributed by atoms with Crippen LogP contribution in [0.15, 0.2) is 24.3 Å². The van der Waals surface area contributed by atoms with Crippen LogP contribution in [0.2, 0.25) is 0 Å². The molecule has 2 atom stereocenters. The van der Waals surface area contributed by atoms with Gasteiger partial charge in [0.25, 0.3) is 0 Å². The average molecular weight is 265 g/mol. The second kappa shape index (κ2) is 4.93. The number of nitrogens with zero attached hydrogens (tertiary/aromatic N) is 1. The zero-order chi connectivity index (χ0) is 14.2. The molecule has 2 rings (SSSR count). The predicted octanol–water partition coefficient (Wildman–Crippen LogP) is 2.16. The summed E-state index contributed by atoms with van der Waals surface area (Å²) in [5.41, 5.74) is -0.0109. The zero-order valence-corrected chi connectivity index (χ0v) is 11.6. The second-order valence-corrected chi connectivity index (χ2v) is 6.01. The summed E-state index contributed by atoms with van der Waals surface area (Å²) in [6.07, 6.45) is 0.762. The van der Waals surface area contributed by atoms with Gasteiger partial charge in [0, 0.05) is 19.5 Å². The number of likely N-dealkylation sites (N-methyl/N-ethyl adjacent to an activating group) is 1. The lowest BCUT2D eigenvalue weighted by Gasteiger charge is -2.25. The van der Waals surface area contributed by atoms with Crippen molar-refractivity contribution < 1.29 is 14.3 Å². The lowest BCUT2D eigenvalue weighted by molar-refractivity contribution is -0.134. The standard InChI is InChI=1S/C15H20FNO2/c1-15(2,19)9-17(3)14(18)13-8-12(13)10-5-4-6-11(16)7-10/h4-7,12-13,19H,8-9H2,1-3H3. The number of carbonyl (C=O) groups excluding carboxylic acids is 1. The Labute approximate surface area is 113 Å². The van der Waals surface area contributed by atoms with E-state index in [-0.39, 0.29) is 23.6 Å². The van der Waals surface area contributed by atoms with Gasteiger partial charge in [-0.15, -0.1) is 0 Å². The largest absolute Gasteiger partial charge is 0.389 e. The third-order valence-corrected chi connectivity index (χ3v) is 3.38. The Kier molecular flexibility index (Phi) is 3.63. The minimum atomic E-state index is -0.895. The fourth-order valence-corrected chi connectivity index (χ4v) is 2.51. The maximum Gasteiger partial charge on any atom is 0.226 e. The highest BCUT2D eigenvalue weighted by Gasteiger charge is 2.45. The molecule has 1 aliphatic rings. The fraction of sp³-hybridized carbons (Fsp3) is 0.533. The number of benzene rings is 1. The first-order chi connectivity index (χ1) is 8.78. The van der Waals surface area contributed by atoms with E-state index < -0.39 is 5.60 Å². The Balaban J connectivity index is 1.97. The highest BCUT2D eigenvalue weighted by Crippen LogP contribution is 2.48. The molecule has 4 heteroatoms. The summed E-state index contributed by atoms with van der Waals surface area (Å²) in [6, 6.07) is 6.43. The summed E-state index contributed by atoms with van der Waals surface area (Å²) in [5.74, 6) is -0.196. The van der Waals surface area contributed by atoms with Crippen molar-refractivity contribution in [2.75, 3.05) is 13.6 Å². The second-order valence-electron chi connectivity index (χ2n) is 6.01. The van der Waals surface area contributed by atoms with Crippen LogP contribution in [0.5, 0.6) is 0 Å². The van der Waals surface area contributed by atoms with E-state index >= 15 is 0 Å². The van der Waals surface area contributed by atoms with Gasteiger partial charge in [-0.05, 0) is 43.9 Å². The molecule has 0 aromatic heterocycles. The van der Waals surface area contributed by atoms with E-state index in [1.165, 1.54) is 12.1 Å². The van der Waals surface area contributed by atoms with Crippen molar-refractivity contribution in [1.29, 1.82) is 0 Å². The molecule has 1 saturated carbocycles. The van der Waals surface area contributed by atoms with E-state index in [0.717, 1.165) is 12.0 Å². The zero-order valence-electron chi connectivity index (χ0n) is 11.6. The number of aliphatic hydroxyl groups is 1. The minimum Gasteiger partial charge on any atom is -0.389 e. The normalized spacial score (nSPS) is 22.2. The monoisotopic (exact) mass is 265 g/mol. The van der Waals surface area contributed by atoms with Gasteiger partial charge >= 0.3 is 0 Å². The lowest BCUT2D eigenvalue weighted by Crippen LogP contribution is -2.40. The van der Waals surface area contributed by atoms with E-state index in [2.05, 4.69) is 0 Å². The molecule has 0 spiro atoms. The Morgan fingerprint density at radius 2 is 2.21 bits per heavy atom. The van der Waals surface area contributed by atoms with Gasteiger partial charge in [-0.25, -0.2) is 4.39 Å². The summed E-state index contributed by atoms with van der Waals surface area (Å²) >= 11 is 0. The van der Waals surface area contributed by atoms with Crippen molar-refractivity contribution in [3.05, 3.63) is 35.6 Å². The smallest absolute Gasteiger partial charge is 0.226 e. The molecule has 1 aliphatic carbocycles. The first kappa shape index (κ1) is 14.0. The van der Waals surface area contributed by atoms with Crippen LogP contribution in [0.25, 0.3) is 0 Å². The van der Waals surface area contributed by atoms with Crippen molar-refractivity contribution >= 4 is 5.91 Å². The average Bonchev–Trinajstić information content (AvgIpc) is 3.05. The summed E-state index contributed by atoms with van der Waals surface area (Å²) < 4.78 is 13.1. The van der Waals surface area contributed by atoms with Crippen LogP contribution >= 0.6 is 0 Å². The van der Waals surface area contributed by atoms with Gasteiger partial charge in [0.15, 0.2) is 0 Å². The number of hydrogen-bond donors (Lipinski definition) is 1. The third kappa shape index (κ3) is 3.53. The Morgan fingerprint density at radius 3 is 2.79 bits per heavy atom.